The van der Waals surface area contributed by atoms with Crippen LogP contribution in [0.5, 0.6) is 17.4 Å². The molecule has 0 saturated carbocycles. The van der Waals surface area contributed by atoms with E-state index in [2.05, 4.69) is 0 Å². The number of pyridine rings is 1. The molecule has 0 radical (unpaired) electrons. The summed E-state index contributed by atoms with van der Waals surface area (Å²) in [7, 11) is 3.24. The molecule has 0 aliphatic heterocycles. The van der Waals surface area contributed by atoms with Crippen molar-refractivity contribution in [3.63, 3.8) is 0 Å². The fourth-order valence-electron chi connectivity index (χ4n) is 1.46. The number of aromatic nitrogens is 1. The third kappa shape index (κ3) is 2.30. The maximum absolute atomic E-state index is 11.4. The Balaban J connectivity index is 2.38. The fourth-order valence-corrected chi connectivity index (χ4v) is 1.46. The molecular formula is C13H13NO3. The first kappa shape index (κ1) is 11.3. The molecule has 17 heavy (non-hydrogen) atoms. The van der Waals surface area contributed by atoms with Gasteiger partial charge in [0.1, 0.15) is 0 Å². The zero-order chi connectivity index (χ0) is 12.3. The Bertz CT molecular complexity index is 575. The summed E-state index contributed by atoms with van der Waals surface area (Å²) < 4.78 is 12.3. The van der Waals surface area contributed by atoms with Gasteiger partial charge in [-0.1, -0.05) is 18.2 Å². The third-order valence-electron chi connectivity index (χ3n) is 2.42. The molecule has 0 atom stereocenters. The lowest BCUT2D eigenvalue weighted by Gasteiger charge is -2.11. The maximum atomic E-state index is 11.4. The van der Waals surface area contributed by atoms with E-state index in [4.69, 9.17) is 9.47 Å². The molecule has 4 nitrogen and oxygen atoms in total. The van der Waals surface area contributed by atoms with Crippen molar-refractivity contribution in [1.29, 1.82) is 0 Å². The van der Waals surface area contributed by atoms with Crippen LogP contribution < -0.4 is 15.0 Å². The summed E-state index contributed by atoms with van der Waals surface area (Å²) >= 11 is 0. The molecule has 1 aromatic carbocycles. The Hall–Kier alpha value is -2.23. The zero-order valence-electron chi connectivity index (χ0n) is 9.71. The van der Waals surface area contributed by atoms with E-state index in [1.165, 1.54) is 10.6 Å². The molecule has 1 aromatic heterocycles. The number of hydrogen-bond acceptors (Lipinski definition) is 3. The van der Waals surface area contributed by atoms with Crippen LogP contribution in [0.15, 0.2) is 47.3 Å². The van der Waals surface area contributed by atoms with Crippen molar-refractivity contribution in [2.75, 3.05) is 7.11 Å². The van der Waals surface area contributed by atoms with E-state index in [0.717, 1.165) is 0 Å². The third-order valence-corrected chi connectivity index (χ3v) is 2.42. The van der Waals surface area contributed by atoms with Crippen molar-refractivity contribution in [2.45, 2.75) is 0 Å². The SMILES string of the molecule is COc1ccccc1Oc1cccc(=O)n1C. The molecule has 0 bridgehead atoms. The molecule has 4 heteroatoms. The van der Waals surface area contributed by atoms with Gasteiger partial charge in [-0.2, -0.15) is 0 Å². The Morgan fingerprint density at radius 3 is 2.41 bits per heavy atom. The predicted octanol–water partition coefficient (Wildman–Crippen LogP) is 2.19. The van der Waals surface area contributed by atoms with Gasteiger partial charge in [0.05, 0.1) is 7.11 Å². The molecule has 88 valence electrons. The van der Waals surface area contributed by atoms with E-state index in [1.807, 2.05) is 12.1 Å². The lowest BCUT2D eigenvalue weighted by atomic mass is 10.3. The van der Waals surface area contributed by atoms with E-state index in [-0.39, 0.29) is 5.56 Å². The fraction of sp³-hybridized carbons (Fsp3) is 0.154. The normalized spacial score (nSPS) is 10.0. The number of hydrogen-bond donors (Lipinski definition) is 0. The van der Waals surface area contributed by atoms with Crippen LogP contribution in [0, 0.1) is 0 Å². The summed E-state index contributed by atoms with van der Waals surface area (Å²) in [6.07, 6.45) is 0. The van der Waals surface area contributed by atoms with Crippen LogP contribution >= 0.6 is 0 Å². The van der Waals surface area contributed by atoms with E-state index < -0.39 is 0 Å². The topological polar surface area (TPSA) is 40.5 Å². The molecule has 2 rings (SSSR count). The molecular weight excluding hydrogens is 218 g/mol. The number of para-hydroxylation sites is 2. The van der Waals surface area contributed by atoms with Crippen LogP contribution in [0.1, 0.15) is 0 Å². The number of nitrogens with zero attached hydrogens (tertiary/aromatic N) is 1. The van der Waals surface area contributed by atoms with Crippen LogP contribution in [0.3, 0.4) is 0 Å². The zero-order valence-corrected chi connectivity index (χ0v) is 9.71. The first-order valence-corrected chi connectivity index (χ1v) is 5.19. The van der Waals surface area contributed by atoms with Crippen molar-refractivity contribution < 1.29 is 9.47 Å². The van der Waals surface area contributed by atoms with Crippen molar-refractivity contribution >= 4 is 0 Å². The van der Waals surface area contributed by atoms with E-state index in [1.54, 1.807) is 38.4 Å². The summed E-state index contributed by atoms with van der Waals surface area (Å²) in [5.41, 5.74) is -0.114. The molecule has 0 unspecified atom stereocenters. The molecule has 2 aromatic rings. The van der Waals surface area contributed by atoms with Gasteiger partial charge in [-0.05, 0) is 18.2 Å². The van der Waals surface area contributed by atoms with Gasteiger partial charge < -0.3 is 9.47 Å². The quantitative estimate of drug-likeness (QED) is 0.813. The summed E-state index contributed by atoms with van der Waals surface area (Å²) in [5.74, 6) is 1.68. The smallest absolute Gasteiger partial charge is 0.253 e. The number of ether oxygens (including phenoxy) is 2. The van der Waals surface area contributed by atoms with Gasteiger partial charge in [0.15, 0.2) is 11.5 Å². The van der Waals surface area contributed by atoms with Crippen LogP contribution in [-0.2, 0) is 7.05 Å². The minimum Gasteiger partial charge on any atom is -0.493 e. The predicted molar refractivity (Wildman–Crippen MR) is 64.8 cm³/mol. The maximum Gasteiger partial charge on any atom is 0.253 e. The summed E-state index contributed by atoms with van der Waals surface area (Å²) in [4.78, 5) is 11.4. The second kappa shape index (κ2) is 4.74. The monoisotopic (exact) mass is 231 g/mol. The Morgan fingerprint density at radius 1 is 1.00 bits per heavy atom. The van der Waals surface area contributed by atoms with E-state index >= 15 is 0 Å². The molecule has 1 heterocycles. The molecule has 0 saturated heterocycles. The number of rotatable bonds is 3. The lowest BCUT2D eigenvalue weighted by molar-refractivity contribution is 0.366. The lowest BCUT2D eigenvalue weighted by Crippen LogP contribution is -2.15. The molecule has 0 spiro atoms. The molecule has 0 aliphatic rings. The molecule has 0 N–H and O–H groups in total. The largest absolute Gasteiger partial charge is 0.493 e. The highest BCUT2D eigenvalue weighted by Gasteiger charge is 2.06. The average Bonchev–Trinajstić information content (AvgIpc) is 2.35. The van der Waals surface area contributed by atoms with E-state index in [0.29, 0.717) is 17.4 Å². The van der Waals surface area contributed by atoms with Crippen molar-refractivity contribution in [1.82, 2.24) is 4.57 Å². The first-order valence-electron chi connectivity index (χ1n) is 5.19. The highest BCUT2D eigenvalue weighted by Crippen LogP contribution is 2.29. The van der Waals surface area contributed by atoms with Gasteiger partial charge in [0.25, 0.3) is 5.56 Å². The minimum atomic E-state index is -0.114. The summed E-state index contributed by atoms with van der Waals surface area (Å²) in [6.45, 7) is 0. The summed E-state index contributed by atoms with van der Waals surface area (Å²) in [5, 5.41) is 0. The van der Waals surface area contributed by atoms with Gasteiger partial charge in [-0.3, -0.25) is 9.36 Å². The van der Waals surface area contributed by atoms with Crippen molar-refractivity contribution in [3.05, 3.63) is 52.8 Å². The van der Waals surface area contributed by atoms with E-state index in [9.17, 15) is 4.79 Å². The highest BCUT2D eigenvalue weighted by atomic mass is 16.5. The van der Waals surface area contributed by atoms with Gasteiger partial charge in [0.2, 0.25) is 5.88 Å². The van der Waals surface area contributed by atoms with Crippen LogP contribution in [0.4, 0.5) is 0 Å². The molecule has 0 amide bonds. The van der Waals surface area contributed by atoms with Gasteiger partial charge in [0, 0.05) is 13.1 Å². The second-order valence-electron chi connectivity index (χ2n) is 3.51. The van der Waals surface area contributed by atoms with Crippen LogP contribution in [0.2, 0.25) is 0 Å². The Morgan fingerprint density at radius 2 is 1.71 bits per heavy atom. The standard InChI is InChI=1S/C13H13NO3/c1-14-12(15)8-5-9-13(14)17-11-7-4-3-6-10(11)16-2/h3-9H,1-2H3. The molecule has 0 aliphatic carbocycles. The first-order chi connectivity index (χ1) is 8.22. The number of methoxy groups -OCH3 is 1. The van der Waals surface area contributed by atoms with Gasteiger partial charge >= 0.3 is 0 Å². The Labute approximate surface area is 99.0 Å². The van der Waals surface area contributed by atoms with Crippen molar-refractivity contribution in [2.24, 2.45) is 7.05 Å². The summed E-state index contributed by atoms with van der Waals surface area (Å²) in [6, 6.07) is 12.2. The van der Waals surface area contributed by atoms with Crippen LogP contribution in [0.25, 0.3) is 0 Å². The number of benzene rings is 1. The highest BCUT2D eigenvalue weighted by molar-refractivity contribution is 5.41. The molecule has 0 fully saturated rings. The van der Waals surface area contributed by atoms with Crippen molar-refractivity contribution in [3.8, 4) is 17.4 Å². The average molecular weight is 231 g/mol. The Kier molecular flexibility index (Phi) is 3.14. The minimum absolute atomic E-state index is 0.114. The van der Waals surface area contributed by atoms with Gasteiger partial charge in [-0.25, -0.2) is 0 Å². The van der Waals surface area contributed by atoms with Gasteiger partial charge in [-0.15, -0.1) is 0 Å². The van der Waals surface area contributed by atoms with Crippen LogP contribution in [-0.4, -0.2) is 11.7 Å². The second-order valence-corrected chi connectivity index (χ2v) is 3.51.